The van der Waals surface area contributed by atoms with Crippen LogP contribution in [-0.4, -0.2) is 29.8 Å². The Hall–Kier alpha value is -2.07. The first-order valence-corrected chi connectivity index (χ1v) is 7.68. The highest BCUT2D eigenvalue weighted by Gasteiger charge is 2.35. The zero-order chi connectivity index (χ0) is 15.9. The number of nitrogens with one attached hydrogen (secondary N) is 1. The monoisotopic (exact) mass is 300 g/mol. The maximum Gasteiger partial charge on any atom is 0.424 e. The SMILES string of the molecule is C=CC[C@@H](/C=C/c1ccccc1)NN1C(=O)OC[C@@H]1C(C)C. The van der Waals surface area contributed by atoms with Gasteiger partial charge >= 0.3 is 6.09 Å². The lowest BCUT2D eigenvalue weighted by molar-refractivity contribution is 0.128. The quantitative estimate of drug-likeness (QED) is 0.782. The van der Waals surface area contributed by atoms with Crippen LogP contribution in [0.5, 0.6) is 0 Å². The Morgan fingerprint density at radius 2 is 2.14 bits per heavy atom. The topological polar surface area (TPSA) is 41.6 Å². The van der Waals surface area contributed by atoms with Gasteiger partial charge in [0.05, 0.1) is 6.04 Å². The van der Waals surface area contributed by atoms with Crippen molar-refractivity contribution in [3.05, 3.63) is 54.6 Å². The van der Waals surface area contributed by atoms with Gasteiger partial charge in [0, 0.05) is 6.04 Å². The summed E-state index contributed by atoms with van der Waals surface area (Å²) in [6, 6.07) is 10.1. The number of amides is 1. The Balaban J connectivity index is 2.06. The Kier molecular flexibility index (Phi) is 5.78. The molecule has 4 nitrogen and oxygen atoms in total. The average Bonchev–Trinajstić information content (AvgIpc) is 2.87. The molecular weight excluding hydrogens is 276 g/mol. The highest BCUT2D eigenvalue weighted by Crippen LogP contribution is 2.18. The van der Waals surface area contributed by atoms with Crippen molar-refractivity contribution < 1.29 is 9.53 Å². The molecule has 0 aromatic heterocycles. The Labute approximate surface area is 132 Å². The van der Waals surface area contributed by atoms with E-state index >= 15 is 0 Å². The molecule has 0 unspecified atom stereocenters. The average molecular weight is 300 g/mol. The number of hydrogen-bond acceptors (Lipinski definition) is 3. The molecule has 1 saturated heterocycles. The van der Waals surface area contributed by atoms with Crippen molar-refractivity contribution in [1.29, 1.82) is 0 Å². The van der Waals surface area contributed by atoms with Crippen LogP contribution in [0.15, 0.2) is 49.1 Å². The molecule has 1 aliphatic heterocycles. The third kappa shape index (κ3) is 4.21. The van der Waals surface area contributed by atoms with E-state index in [2.05, 4.69) is 31.9 Å². The standard InChI is InChI=1S/C18H24N2O2/c1-4-8-16(12-11-15-9-6-5-7-10-15)19-20-17(14(2)3)13-22-18(20)21/h4-7,9-12,14,16-17,19H,1,8,13H2,2-3H3/b12-11+/t16-,17+/m0/s1. The first-order valence-electron chi connectivity index (χ1n) is 7.68. The summed E-state index contributed by atoms with van der Waals surface area (Å²) in [5.74, 6) is 0.335. The van der Waals surface area contributed by atoms with Crippen LogP contribution >= 0.6 is 0 Å². The second-order valence-electron chi connectivity index (χ2n) is 5.79. The largest absolute Gasteiger partial charge is 0.446 e. The number of hydrazine groups is 1. The van der Waals surface area contributed by atoms with E-state index < -0.39 is 0 Å². The number of carbonyl (C=O) groups excluding carboxylic acids is 1. The maximum atomic E-state index is 11.9. The minimum atomic E-state index is -0.305. The number of carbonyl (C=O) groups is 1. The van der Waals surface area contributed by atoms with Crippen molar-refractivity contribution in [2.24, 2.45) is 5.92 Å². The second kappa shape index (κ2) is 7.80. The maximum absolute atomic E-state index is 11.9. The van der Waals surface area contributed by atoms with Crippen LogP contribution in [0.3, 0.4) is 0 Å². The van der Waals surface area contributed by atoms with Crippen molar-refractivity contribution in [2.75, 3.05) is 6.61 Å². The fourth-order valence-corrected chi connectivity index (χ4v) is 2.40. The summed E-state index contributed by atoms with van der Waals surface area (Å²) in [5.41, 5.74) is 4.40. The van der Waals surface area contributed by atoms with Gasteiger partial charge in [-0.3, -0.25) is 0 Å². The predicted molar refractivity (Wildman–Crippen MR) is 89.0 cm³/mol. The molecule has 1 amide bonds. The molecule has 0 bridgehead atoms. The Morgan fingerprint density at radius 3 is 2.77 bits per heavy atom. The van der Waals surface area contributed by atoms with Crippen LogP contribution < -0.4 is 5.43 Å². The van der Waals surface area contributed by atoms with Gasteiger partial charge in [0.15, 0.2) is 0 Å². The Bertz CT molecular complexity index is 525. The number of cyclic esters (lactones) is 1. The molecule has 1 fully saturated rings. The number of hydrogen-bond donors (Lipinski definition) is 1. The molecule has 1 aromatic carbocycles. The molecule has 0 spiro atoms. The smallest absolute Gasteiger partial charge is 0.424 e. The molecule has 0 aliphatic carbocycles. The molecule has 1 aliphatic rings. The first kappa shape index (κ1) is 16.3. The van der Waals surface area contributed by atoms with Gasteiger partial charge in [0.1, 0.15) is 6.61 Å². The minimum Gasteiger partial charge on any atom is -0.446 e. The van der Waals surface area contributed by atoms with Gasteiger partial charge in [-0.05, 0) is 17.9 Å². The number of nitrogens with zero attached hydrogens (tertiary/aromatic N) is 1. The summed E-state index contributed by atoms with van der Waals surface area (Å²) in [7, 11) is 0. The van der Waals surface area contributed by atoms with Gasteiger partial charge in [-0.25, -0.2) is 15.2 Å². The molecule has 1 N–H and O–H groups in total. The van der Waals surface area contributed by atoms with E-state index in [1.165, 1.54) is 0 Å². The van der Waals surface area contributed by atoms with E-state index in [4.69, 9.17) is 4.74 Å². The highest BCUT2D eigenvalue weighted by atomic mass is 16.6. The summed E-state index contributed by atoms with van der Waals surface area (Å²) < 4.78 is 5.16. The van der Waals surface area contributed by atoms with Crippen molar-refractivity contribution in [1.82, 2.24) is 10.4 Å². The van der Waals surface area contributed by atoms with Crippen molar-refractivity contribution in [3.63, 3.8) is 0 Å². The van der Waals surface area contributed by atoms with Gasteiger partial charge in [-0.1, -0.05) is 62.4 Å². The van der Waals surface area contributed by atoms with Crippen LogP contribution in [0, 0.1) is 5.92 Å². The fraction of sp³-hybridized carbons (Fsp3) is 0.389. The van der Waals surface area contributed by atoms with Crippen LogP contribution in [0.4, 0.5) is 4.79 Å². The van der Waals surface area contributed by atoms with Gasteiger partial charge < -0.3 is 4.74 Å². The molecule has 4 heteroatoms. The second-order valence-corrected chi connectivity index (χ2v) is 5.79. The van der Waals surface area contributed by atoms with Crippen LogP contribution in [-0.2, 0) is 4.74 Å². The van der Waals surface area contributed by atoms with Crippen molar-refractivity contribution >= 4 is 12.2 Å². The van der Waals surface area contributed by atoms with E-state index in [9.17, 15) is 4.79 Å². The van der Waals surface area contributed by atoms with Gasteiger partial charge in [0.25, 0.3) is 0 Å². The number of ether oxygens (including phenoxy) is 1. The summed E-state index contributed by atoms with van der Waals surface area (Å²) in [6.45, 7) is 8.41. The Morgan fingerprint density at radius 1 is 1.41 bits per heavy atom. The van der Waals surface area contributed by atoms with Gasteiger partial charge in [0.2, 0.25) is 0 Å². The summed E-state index contributed by atoms with van der Waals surface area (Å²) in [6.07, 6.45) is 6.38. The van der Waals surface area contributed by atoms with E-state index in [0.29, 0.717) is 12.5 Å². The lowest BCUT2D eigenvalue weighted by Crippen LogP contribution is -2.50. The number of benzene rings is 1. The first-order chi connectivity index (χ1) is 10.6. The van der Waals surface area contributed by atoms with E-state index in [1.54, 1.807) is 5.01 Å². The minimum absolute atomic E-state index is 0.00426. The van der Waals surface area contributed by atoms with Crippen molar-refractivity contribution in [2.45, 2.75) is 32.4 Å². The number of rotatable bonds is 7. The van der Waals surface area contributed by atoms with Crippen molar-refractivity contribution in [3.8, 4) is 0 Å². The molecule has 0 saturated carbocycles. The molecule has 1 heterocycles. The third-order valence-electron chi connectivity index (χ3n) is 3.72. The highest BCUT2D eigenvalue weighted by molar-refractivity contribution is 5.69. The molecule has 118 valence electrons. The van der Waals surface area contributed by atoms with Crippen LogP contribution in [0.1, 0.15) is 25.8 Å². The molecule has 0 radical (unpaired) electrons. The molecular formula is C18H24N2O2. The van der Waals surface area contributed by atoms with Gasteiger partial charge in [-0.2, -0.15) is 0 Å². The normalized spacial score (nSPS) is 19.7. The molecule has 1 aromatic rings. The fourth-order valence-electron chi connectivity index (χ4n) is 2.40. The summed E-state index contributed by atoms with van der Waals surface area (Å²) >= 11 is 0. The van der Waals surface area contributed by atoms with Crippen LogP contribution in [0.25, 0.3) is 6.08 Å². The predicted octanol–water partition coefficient (Wildman–Crippen LogP) is 3.63. The molecule has 22 heavy (non-hydrogen) atoms. The van der Waals surface area contributed by atoms with E-state index in [1.807, 2.05) is 42.5 Å². The zero-order valence-electron chi connectivity index (χ0n) is 13.2. The van der Waals surface area contributed by atoms with Crippen LogP contribution in [0.2, 0.25) is 0 Å². The molecule has 2 rings (SSSR count). The van der Waals surface area contributed by atoms with Gasteiger partial charge in [-0.15, -0.1) is 6.58 Å². The third-order valence-corrected chi connectivity index (χ3v) is 3.72. The van der Waals surface area contributed by atoms with E-state index in [-0.39, 0.29) is 18.2 Å². The zero-order valence-corrected chi connectivity index (χ0v) is 13.2. The summed E-state index contributed by atoms with van der Waals surface area (Å²) in [5, 5.41) is 1.62. The molecule has 2 atom stereocenters. The summed E-state index contributed by atoms with van der Waals surface area (Å²) in [4.78, 5) is 11.9. The lowest BCUT2D eigenvalue weighted by Gasteiger charge is -2.28. The lowest BCUT2D eigenvalue weighted by atomic mass is 10.1. The van der Waals surface area contributed by atoms with E-state index in [0.717, 1.165) is 12.0 Å².